The minimum absolute atomic E-state index is 0.0234. The average molecular weight is 300 g/mol. The van der Waals surface area contributed by atoms with Crippen LogP contribution in [0.3, 0.4) is 0 Å². The van der Waals surface area contributed by atoms with Gasteiger partial charge in [0.1, 0.15) is 0 Å². The molecule has 0 aromatic carbocycles. The van der Waals surface area contributed by atoms with E-state index >= 15 is 0 Å². The molecule has 0 spiro atoms. The van der Waals surface area contributed by atoms with E-state index in [0.29, 0.717) is 12.3 Å². The van der Waals surface area contributed by atoms with E-state index < -0.39 is 0 Å². The Balaban J connectivity index is 1.62. The molecule has 2 heterocycles. The van der Waals surface area contributed by atoms with Crippen molar-refractivity contribution < 1.29 is 9.90 Å². The van der Waals surface area contributed by atoms with Gasteiger partial charge in [0.15, 0.2) is 0 Å². The largest absolute Gasteiger partial charge is 0.393 e. The smallest absolute Gasteiger partial charge is 0.226 e. The molecule has 2 aromatic rings. The van der Waals surface area contributed by atoms with Crippen molar-refractivity contribution >= 4 is 5.91 Å². The van der Waals surface area contributed by atoms with Crippen LogP contribution in [0.4, 0.5) is 0 Å². The van der Waals surface area contributed by atoms with Crippen LogP contribution >= 0.6 is 0 Å². The van der Waals surface area contributed by atoms with E-state index in [2.05, 4.69) is 20.3 Å². The van der Waals surface area contributed by atoms with Crippen LogP contribution in [0.5, 0.6) is 0 Å². The first-order chi connectivity index (χ1) is 10.7. The van der Waals surface area contributed by atoms with Crippen LogP contribution in [0.25, 0.3) is 0 Å². The van der Waals surface area contributed by atoms with Crippen LogP contribution in [-0.2, 0) is 17.6 Å². The number of H-pyrrole nitrogens is 1. The number of aliphatic hydroxyl groups is 1. The van der Waals surface area contributed by atoms with Crippen molar-refractivity contribution in [3.63, 3.8) is 0 Å². The topological polar surface area (TPSA) is 90.9 Å². The normalized spacial score (nSPS) is 21.9. The number of aromatic amines is 1. The zero-order valence-corrected chi connectivity index (χ0v) is 12.3. The summed E-state index contributed by atoms with van der Waals surface area (Å²) in [4.78, 5) is 23.1. The molecule has 0 unspecified atom stereocenters. The number of amides is 1. The summed E-state index contributed by atoms with van der Waals surface area (Å²) in [5.74, 6) is 0.304. The third kappa shape index (κ3) is 3.71. The molecule has 0 bridgehead atoms. The van der Waals surface area contributed by atoms with Gasteiger partial charge in [-0.15, -0.1) is 0 Å². The summed E-state index contributed by atoms with van der Waals surface area (Å²) in [7, 11) is 0. The summed E-state index contributed by atoms with van der Waals surface area (Å²) in [6.07, 6.45) is 9.07. The van der Waals surface area contributed by atoms with Gasteiger partial charge in [-0.2, -0.15) is 0 Å². The van der Waals surface area contributed by atoms with Crippen molar-refractivity contribution in [1.82, 2.24) is 20.3 Å². The van der Waals surface area contributed by atoms with Gasteiger partial charge in [0.2, 0.25) is 5.91 Å². The van der Waals surface area contributed by atoms with Gasteiger partial charge >= 0.3 is 0 Å². The van der Waals surface area contributed by atoms with Crippen molar-refractivity contribution in [2.24, 2.45) is 5.92 Å². The van der Waals surface area contributed by atoms with Gasteiger partial charge in [0.05, 0.1) is 18.9 Å². The number of aromatic nitrogens is 3. The monoisotopic (exact) mass is 300 g/mol. The van der Waals surface area contributed by atoms with Gasteiger partial charge in [-0.1, -0.05) is 0 Å². The molecule has 1 saturated carbocycles. The van der Waals surface area contributed by atoms with Crippen molar-refractivity contribution in [1.29, 1.82) is 0 Å². The fourth-order valence-corrected chi connectivity index (χ4v) is 2.88. The van der Waals surface area contributed by atoms with Gasteiger partial charge in [-0.05, 0) is 42.9 Å². The first-order valence-electron chi connectivity index (χ1n) is 7.54. The van der Waals surface area contributed by atoms with Crippen molar-refractivity contribution in [2.75, 3.05) is 0 Å². The predicted octanol–water partition coefficient (Wildman–Crippen LogP) is 0.846. The zero-order chi connectivity index (χ0) is 15.4. The number of hydrogen-bond donors (Lipinski definition) is 3. The fraction of sp³-hybridized carbons (Fsp3) is 0.438. The Kier molecular flexibility index (Phi) is 4.48. The highest BCUT2D eigenvalue weighted by atomic mass is 16.3. The lowest BCUT2D eigenvalue weighted by Gasteiger charge is -2.38. The van der Waals surface area contributed by atoms with E-state index in [4.69, 9.17) is 0 Å². The first kappa shape index (κ1) is 14.7. The maximum atomic E-state index is 12.2. The molecule has 3 N–H and O–H groups in total. The lowest BCUT2D eigenvalue weighted by molar-refractivity contribution is -0.122. The Morgan fingerprint density at radius 3 is 2.77 bits per heavy atom. The first-order valence-corrected chi connectivity index (χ1v) is 7.54. The van der Waals surface area contributed by atoms with Crippen molar-refractivity contribution in [3.05, 3.63) is 48.3 Å². The third-order valence-electron chi connectivity index (χ3n) is 4.18. The molecule has 3 rings (SSSR count). The van der Waals surface area contributed by atoms with Crippen molar-refractivity contribution in [3.8, 4) is 0 Å². The Labute approximate surface area is 129 Å². The Morgan fingerprint density at radius 2 is 2.14 bits per heavy atom. The highest BCUT2D eigenvalue weighted by molar-refractivity contribution is 5.78. The molecule has 1 aliphatic carbocycles. The maximum absolute atomic E-state index is 12.2. The molecular formula is C16H20N4O2. The second-order valence-corrected chi connectivity index (χ2v) is 5.87. The molecule has 22 heavy (non-hydrogen) atoms. The molecule has 2 aromatic heterocycles. The van der Waals surface area contributed by atoms with E-state index in [9.17, 15) is 9.90 Å². The van der Waals surface area contributed by atoms with Gasteiger partial charge in [0, 0.05) is 30.3 Å². The number of rotatable bonds is 6. The molecule has 0 saturated heterocycles. The summed E-state index contributed by atoms with van der Waals surface area (Å²) in [6.45, 7) is 0. The molecule has 6 nitrogen and oxygen atoms in total. The summed E-state index contributed by atoms with van der Waals surface area (Å²) < 4.78 is 0. The predicted molar refractivity (Wildman–Crippen MR) is 80.9 cm³/mol. The highest BCUT2D eigenvalue weighted by Gasteiger charge is 2.34. The Morgan fingerprint density at radius 1 is 1.36 bits per heavy atom. The number of nitrogens with zero attached hydrogens (tertiary/aromatic N) is 2. The average Bonchev–Trinajstić information content (AvgIpc) is 2.97. The SMILES string of the molecule is O=C(Cc1cnc[nH]1)N[C@@H](Cc1ccncc1)C1CC(O)C1. The summed E-state index contributed by atoms with van der Waals surface area (Å²) in [5.41, 5.74) is 1.94. The standard InChI is InChI=1S/C16H20N4O2/c21-14-6-12(7-14)15(5-11-1-3-17-4-2-11)20-16(22)8-13-9-18-10-19-13/h1-4,9-10,12,14-15,21H,5-8H2,(H,18,19)(H,20,22)/t12?,14?,15-/m0/s1. The van der Waals surface area contributed by atoms with Crippen LogP contribution in [0.1, 0.15) is 24.1 Å². The van der Waals surface area contributed by atoms with Gasteiger partial charge in [-0.3, -0.25) is 9.78 Å². The van der Waals surface area contributed by atoms with E-state index in [-0.39, 0.29) is 18.1 Å². The molecule has 1 fully saturated rings. The molecule has 116 valence electrons. The van der Waals surface area contributed by atoms with Crippen LogP contribution in [0, 0.1) is 5.92 Å². The van der Waals surface area contributed by atoms with Crippen molar-refractivity contribution in [2.45, 2.75) is 37.8 Å². The van der Waals surface area contributed by atoms with Crippen LogP contribution < -0.4 is 5.32 Å². The quantitative estimate of drug-likeness (QED) is 0.737. The molecule has 1 atom stereocenters. The summed E-state index contributed by atoms with van der Waals surface area (Å²) in [5, 5.41) is 12.6. The Bertz CT molecular complexity index is 594. The minimum atomic E-state index is -0.227. The van der Waals surface area contributed by atoms with E-state index in [1.807, 2.05) is 12.1 Å². The van der Waals surface area contributed by atoms with Gasteiger partial charge in [-0.25, -0.2) is 4.98 Å². The van der Waals surface area contributed by atoms with Gasteiger partial charge < -0.3 is 15.4 Å². The van der Waals surface area contributed by atoms with Crippen LogP contribution in [-0.4, -0.2) is 38.1 Å². The molecule has 6 heteroatoms. The van der Waals surface area contributed by atoms with Crippen LogP contribution in [0.15, 0.2) is 37.1 Å². The lowest BCUT2D eigenvalue weighted by Crippen LogP contribution is -2.48. The highest BCUT2D eigenvalue weighted by Crippen LogP contribution is 2.31. The minimum Gasteiger partial charge on any atom is -0.393 e. The van der Waals surface area contributed by atoms with Crippen LogP contribution in [0.2, 0.25) is 0 Å². The fourth-order valence-electron chi connectivity index (χ4n) is 2.88. The van der Waals surface area contributed by atoms with Gasteiger partial charge in [0.25, 0.3) is 0 Å². The zero-order valence-electron chi connectivity index (χ0n) is 12.3. The second-order valence-electron chi connectivity index (χ2n) is 5.87. The molecule has 0 radical (unpaired) electrons. The van der Waals surface area contributed by atoms with E-state index in [0.717, 1.165) is 30.5 Å². The molecule has 1 aliphatic rings. The third-order valence-corrected chi connectivity index (χ3v) is 4.18. The lowest BCUT2D eigenvalue weighted by atomic mass is 9.75. The molecular weight excluding hydrogens is 280 g/mol. The number of pyridine rings is 1. The number of hydrogen-bond acceptors (Lipinski definition) is 4. The number of aliphatic hydroxyl groups excluding tert-OH is 1. The Hall–Kier alpha value is -2.21. The number of nitrogens with one attached hydrogen (secondary N) is 2. The number of carbonyl (C=O) groups is 1. The number of imidazole rings is 1. The molecule has 1 amide bonds. The number of carbonyl (C=O) groups excluding carboxylic acids is 1. The van der Waals surface area contributed by atoms with E-state index in [1.165, 1.54) is 0 Å². The van der Waals surface area contributed by atoms with E-state index in [1.54, 1.807) is 24.9 Å². The maximum Gasteiger partial charge on any atom is 0.226 e. The molecule has 0 aliphatic heterocycles. The second kappa shape index (κ2) is 6.70. The summed E-state index contributed by atoms with van der Waals surface area (Å²) in [6, 6.07) is 3.97. The summed E-state index contributed by atoms with van der Waals surface area (Å²) >= 11 is 0.